The van der Waals surface area contributed by atoms with Gasteiger partial charge in [-0.25, -0.2) is 8.42 Å². The van der Waals surface area contributed by atoms with Crippen LogP contribution in [0.4, 0.5) is 5.69 Å². The van der Waals surface area contributed by atoms with Crippen molar-refractivity contribution in [3.8, 4) is 0 Å². The Balaban J connectivity index is 2.09. The highest BCUT2D eigenvalue weighted by Gasteiger charge is 2.33. The highest BCUT2D eigenvalue weighted by Crippen LogP contribution is 2.29. The van der Waals surface area contributed by atoms with Gasteiger partial charge in [-0.05, 0) is 54.7 Å². The van der Waals surface area contributed by atoms with Crippen LogP contribution in [0.2, 0.25) is 0 Å². The van der Waals surface area contributed by atoms with E-state index in [0.29, 0.717) is 5.69 Å². The predicted molar refractivity (Wildman–Crippen MR) is 165 cm³/mol. The van der Waals surface area contributed by atoms with Crippen LogP contribution in [-0.4, -0.2) is 50.0 Å². The molecule has 0 aliphatic rings. The molecule has 0 saturated carbocycles. The van der Waals surface area contributed by atoms with Crippen molar-refractivity contribution in [2.45, 2.75) is 58.7 Å². The van der Waals surface area contributed by atoms with Crippen LogP contribution in [-0.2, 0) is 32.6 Å². The fourth-order valence-corrected chi connectivity index (χ4v) is 5.65. The standard InChI is InChI=1S/C31H38BrN3O4S/c1-22(2)27-13-9-10-14-28(27)35(40(5,38)39)21-30(36)34(20-25-15-17-26(32)18-16-25)29(31(37)33-23(3)4)19-24-11-7-6-8-12-24/h6-18,22-23,29H,19-21H2,1-5H3,(H,33,37). The molecular formula is C31H38BrN3O4S. The summed E-state index contributed by atoms with van der Waals surface area (Å²) >= 11 is 3.44. The number of nitrogens with zero attached hydrogens (tertiary/aromatic N) is 2. The topological polar surface area (TPSA) is 86.8 Å². The van der Waals surface area contributed by atoms with Crippen molar-refractivity contribution < 1.29 is 18.0 Å². The number of rotatable bonds is 12. The van der Waals surface area contributed by atoms with Gasteiger partial charge in [0.2, 0.25) is 21.8 Å². The lowest BCUT2D eigenvalue weighted by molar-refractivity contribution is -0.140. The fourth-order valence-electron chi connectivity index (χ4n) is 4.52. The van der Waals surface area contributed by atoms with Crippen LogP contribution < -0.4 is 9.62 Å². The molecule has 0 fully saturated rings. The highest BCUT2D eigenvalue weighted by molar-refractivity contribution is 9.10. The summed E-state index contributed by atoms with van der Waals surface area (Å²) < 4.78 is 28.2. The zero-order valence-electron chi connectivity index (χ0n) is 23.7. The molecule has 1 unspecified atom stereocenters. The molecule has 0 radical (unpaired) electrons. The molecule has 3 aromatic carbocycles. The van der Waals surface area contributed by atoms with Gasteiger partial charge in [-0.2, -0.15) is 0 Å². The summed E-state index contributed by atoms with van der Waals surface area (Å²) in [5.41, 5.74) is 2.99. The van der Waals surface area contributed by atoms with Gasteiger partial charge in [-0.15, -0.1) is 0 Å². The molecule has 0 aliphatic heterocycles. The van der Waals surface area contributed by atoms with Crippen LogP contribution >= 0.6 is 15.9 Å². The maximum atomic E-state index is 14.2. The third-order valence-corrected chi connectivity index (χ3v) is 8.13. The number of halogens is 1. The maximum absolute atomic E-state index is 14.2. The van der Waals surface area contributed by atoms with E-state index >= 15 is 0 Å². The van der Waals surface area contributed by atoms with Gasteiger partial charge in [0.1, 0.15) is 12.6 Å². The molecule has 9 heteroatoms. The average molecular weight is 629 g/mol. The average Bonchev–Trinajstić information content (AvgIpc) is 2.89. The van der Waals surface area contributed by atoms with Crippen molar-refractivity contribution >= 4 is 43.5 Å². The number of carbonyl (C=O) groups excluding carboxylic acids is 2. The Labute approximate surface area is 246 Å². The summed E-state index contributed by atoms with van der Waals surface area (Å²) in [4.78, 5) is 29.3. The molecule has 0 spiro atoms. The number of sulfonamides is 1. The number of hydrogen-bond donors (Lipinski definition) is 1. The van der Waals surface area contributed by atoms with Crippen LogP contribution in [0.1, 0.15) is 50.3 Å². The van der Waals surface area contributed by atoms with Gasteiger partial charge in [-0.1, -0.05) is 90.4 Å². The molecule has 0 heterocycles. The first-order valence-electron chi connectivity index (χ1n) is 13.3. The summed E-state index contributed by atoms with van der Waals surface area (Å²) in [6.45, 7) is 7.40. The Hall–Kier alpha value is -3.17. The molecular weight excluding hydrogens is 590 g/mol. The molecule has 0 saturated heterocycles. The molecule has 40 heavy (non-hydrogen) atoms. The van der Waals surface area contributed by atoms with Crippen molar-refractivity contribution in [3.63, 3.8) is 0 Å². The second kappa shape index (κ2) is 13.9. The smallest absolute Gasteiger partial charge is 0.244 e. The van der Waals surface area contributed by atoms with E-state index in [1.54, 1.807) is 12.1 Å². The minimum Gasteiger partial charge on any atom is -0.352 e. The van der Waals surface area contributed by atoms with Gasteiger partial charge in [0.05, 0.1) is 11.9 Å². The van der Waals surface area contributed by atoms with Gasteiger partial charge < -0.3 is 10.2 Å². The normalized spacial score (nSPS) is 12.3. The second-order valence-electron chi connectivity index (χ2n) is 10.5. The molecule has 1 N–H and O–H groups in total. The lowest BCUT2D eigenvalue weighted by atomic mass is 10.0. The molecule has 7 nitrogen and oxygen atoms in total. The largest absolute Gasteiger partial charge is 0.352 e. The van der Waals surface area contributed by atoms with Crippen molar-refractivity contribution in [3.05, 3.63) is 100 Å². The first kappa shape index (κ1) is 31.4. The first-order valence-corrected chi connectivity index (χ1v) is 16.0. The lowest BCUT2D eigenvalue weighted by Gasteiger charge is -2.34. The highest BCUT2D eigenvalue weighted by atomic mass is 79.9. The van der Waals surface area contributed by atoms with Crippen LogP contribution in [0, 0.1) is 0 Å². The lowest BCUT2D eigenvalue weighted by Crippen LogP contribution is -2.54. The molecule has 2 amide bonds. The molecule has 214 valence electrons. The maximum Gasteiger partial charge on any atom is 0.244 e. The van der Waals surface area contributed by atoms with Crippen molar-refractivity contribution in [1.29, 1.82) is 0 Å². The van der Waals surface area contributed by atoms with E-state index in [1.807, 2.05) is 94.4 Å². The predicted octanol–water partition coefficient (Wildman–Crippen LogP) is 5.50. The third kappa shape index (κ3) is 8.66. The zero-order chi connectivity index (χ0) is 29.4. The monoisotopic (exact) mass is 627 g/mol. The van der Waals surface area contributed by atoms with Crippen LogP contribution in [0.15, 0.2) is 83.3 Å². The minimum atomic E-state index is -3.83. The second-order valence-corrected chi connectivity index (χ2v) is 13.3. The molecule has 0 aliphatic carbocycles. The van der Waals surface area contributed by atoms with E-state index in [9.17, 15) is 18.0 Å². The van der Waals surface area contributed by atoms with Gasteiger partial charge in [0.25, 0.3) is 0 Å². The van der Waals surface area contributed by atoms with Crippen LogP contribution in [0.3, 0.4) is 0 Å². The van der Waals surface area contributed by atoms with E-state index < -0.39 is 28.5 Å². The van der Waals surface area contributed by atoms with E-state index in [4.69, 9.17) is 0 Å². The van der Waals surface area contributed by atoms with Crippen molar-refractivity contribution in [2.24, 2.45) is 0 Å². The number of para-hydroxylation sites is 1. The quantitative estimate of drug-likeness (QED) is 0.287. The summed E-state index contributed by atoms with van der Waals surface area (Å²) in [6, 6.07) is 23.2. The molecule has 3 aromatic rings. The number of nitrogens with one attached hydrogen (secondary N) is 1. The first-order chi connectivity index (χ1) is 18.9. The summed E-state index contributed by atoms with van der Waals surface area (Å²) in [5, 5.41) is 2.96. The minimum absolute atomic E-state index is 0.0390. The zero-order valence-corrected chi connectivity index (χ0v) is 26.1. The summed E-state index contributed by atoms with van der Waals surface area (Å²) in [5.74, 6) is -0.721. The number of amides is 2. The molecule has 0 bridgehead atoms. The third-order valence-electron chi connectivity index (χ3n) is 6.47. The van der Waals surface area contributed by atoms with E-state index in [1.165, 1.54) is 4.90 Å². The number of carbonyl (C=O) groups is 2. The Morgan fingerprint density at radius 1 is 0.850 bits per heavy atom. The number of anilines is 1. The SMILES string of the molecule is CC(C)NC(=O)C(Cc1ccccc1)N(Cc1ccc(Br)cc1)C(=O)CN(c1ccccc1C(C)C)S(C)(=O)=O. The number of hydrogen-bond acceptors (Lipinski definition) is 4. The van der Waals surface area contributed by atoms with Crippen LogP contribution in [0.5, 0.6) is 0 Å². The van der Waals surface area contributed by atoms with Gasteiger partial charge in [-0.3, -0.25) is 13.9 Å². The van der Waals surface area contributed by atoms with Crippen molar-refractivity contribution in [2.75, 3.05) is 17.1 Å². The summed E-state index contributed by atoms with van der Waals surface area (Å²) in [7, 11) is -3.83. The Kier molecular flexibility index (Phi) is 10.9. The van der Waals surface area contributed by atoms with Gasteiger partial charge >= 0.3 is 0 Å². The van der Waals surface area contributed by atoms with Crippen LogP contribution in [0.25, 0.3) is 0 Å². The Bertz CT molecular complexity index is 1390. The van der Waals surface area contributed by atoms with E-state index in [0.717, 1.165) is 31.7 Å². The summed E-state index contributed by atoms with van der Waals surface area (Å²) in [6.07, 6.45) is 1.38. The Morgan fingerprint density at radius 3 is 2.02 bits per heavy atom. The van der Waals surface area contributed by atoms with E-state index in [2.05, 4.69) is 21.2 Å². The van der Waals surface area contributed by atoms with E-state index in [-0.39, 0.29) is 30.8 Å². The molecule has 3 rings (SSSR count). The number of benzene rings is 3. The Morgan fingerprint density at radius 2 is 1.45 bits per heavy atom. The fraction of sp³-hybridized carbons (Fsp3) is 0.355. The molecule has 1 atom stereocenters. The van der Waals surface area contributed by atoms with Gasteiger partial charge in [0.15, 0.2) is 0 Å². The van der Waals surface area contributed by atoms with Crippen molar-refractivity contribution in [1.82, 2.24) is 10.2 Å². The van der Waals surface area contributed by atoms with Gasteiger partial charge in [0, 0.05) is 23.5 Å². The molecule has 0 aromatic heterocycles.